The van der Waals surface area contributed by atoms with E-state index in [1.54, 1.807) is 6.92 Å². The van der Waals surface area contributed by atoms with Gasteiger partial charge in [-0.15, -0.1) is 0 Å². The summed E-state index contributed by atoms with van der Waals surface area (Å²) in [5, 5.41) is 12.3. The highest BCUT2D eigenvalue weighted by molar-refractivity contribution is 7.89. The van der Waals surface area contributed by atoms with E-state index >= 15 is 0 Å². The molecule has 2 atom stereocenters. The van der Waals surface area contributed by atoms with E-state index in [4.69, 9.17) is 5.11 Å². The van der Waals surface area contributed by atoms with Gasteiger partial charge in [0, 0.05) is 19.6 Å². The molecule has 15 heavy (non-hydrogen) atoms. The van der Waals surface area contributed by atoms with Crippen LogP contribution in [-0.2, 0) is 10.0 Å². The molecule has 1 rings (SSSR count). The van der Waals surface area contributed by atoms with Gasteiger partial charge in [0.1, 0.15) is 0 Å². The molecule has 0 saturated carbocycles. The largest absolute Gasteiger partial charge is 0.392 e. The first-order valence-corrected chi connectivity index (χ1v) is 6.88. The number of sulfonamides is 1. The number of likely N-dealkylation sites (N-methyl/N-ethyl adjacent to an activating group) is 1. The van der Waals surface area contributed by atoms with Crippen LogP contribution in [0.3, 0.4) is 0 Å². The molecule has 1 aliphatic heterocycles. The zero-order valence-corrected chi connectivity index (χ0v) is 10.1. The molecule has 90 valence electrons. The van der Waals surface area contributed by atoms with Gasteiger partial charge in [0.2, 0.25) is 10.0 Å². The standard InChI is InChI=1S/C9H20N2O3S/c1-8(12)6-11(2)15(13,14)7-9-4-3-5-10-9/h8-10,12H,3-7H2,1-2H3. The topological polar surface area (TPSA) is 69.6 Å². The van der Waals surface area contributed by atoms with Crippen LogP contribution in [0.4, 0.5) is 0 Å². The van der Waals surface area contributed by atoms with Gasteiger partial charge in [0.15, 0.2) is 0 Å². The van der Waals surface area contributed by atoms with Gasteiger partial charge in [-0.25, -0.2) is 12.7 Å². The Morgan fingerprint density at radius 2 is 2.27 bits per heavy atom. The lowest BCUT2D eigenvalue weighted by molar-refractivity contribution is 0.171. The minimum absolute atomic E-state index is 0.0754. The van der Waals surface area contributed by atoms with E-state index in [-0.39, 0.29) is 18.3 Å². The fourth-order valence-electron chi connectivity index (χ4n) is 1.77. The summed E-state index contributed by atoms with van der Waals surface area (Å²) in [6.45, 7) is 2.65. The maximum absolute atomic E-state index is 11.8. The molecular formula is C9H20N2O3S. The molecular weight excluding hydrogens is 216 g/mol. The predicted octanol–water partition coefficient (Wildman–Crippen LogP) is -0.619. The van der Waals surface area contributed by atoms with Crippen molar-refractivity contribution in [1.29, 1.82) is 0 Å². The SMILES string of the molecule is CC(O)CN(C)S(=O)(=O)CC1CCCN1. The first-order valence-electron chi connectivity index (χ1n) is 5.27. The molecule has 0 aliphatic carbocycles. The van der Waals surface area contributed by atoms with E-state index in [0.717, 1.165) is 19.4 Å². The molecule has 5 nitrogen and oxygen atoms in total. The van der Waals surface area contributed by atoms with Crippen molar-refractivity contribution in [2.24, 2.45) is 0 Å². The van der Waals surface area contributed by atoms with E-state index in [0.29, 0.717) is 0 Å². The normalized spacial score (nSPS) is 24.7. The molecule has 0 aromatic rings. The van der Waals surface area contributed by atoms with Gasteiger partial charge in [-0.1, -0.05) is 0 Å². The summed E-state index contributed by atoms with van der Waals surface area (Å²) >= 11 is 0. The van der Waals surface area contributed by atoms with Crippen LogP contribution in [0.2, 0.25) is 0 Å². The molecule has 0 aromatic heterocycles. The quantitative estimate of drug-likeness (QED) is 0.667. The Morgan fingerprint density at radius 1 is 1.60 bits per heavy atom. The predicted molar refractivity (Wildman–Crippen MR) is 59.1 cm³/mol. The average Bonchev–Trinajstić information content (AvgIpc) is 2.54. The second-order valence-electron chi connectivity index (χ2n) is 4.20. The van der Waals surface area contributed by atoms with Crippen molar-refractivity contribution < 1.29 is 13.5 Å². The van der Waals surface area contributed by atoms with Gasteiger partial charge in [0.05, 0.1) is 11.9 Å². The highest BCUT2D eigenvalue weighted by Gasteiger charge is 2.25. The lowest BCUT2D eigenvalue weighted by Crippen LogP contribution is -2.40. The number of nitrogens with zero attached hydrogens (tertiary/aromatic N) is 1. The lowest BCUT2D eigenvalue weighted by Gasteiger charge is -2.20. The minimum Gasteiger partial charge on any atom is -0.392 e. The number of aliphatic hydroxyl groups is 1. The lowest BCUT2D eigenvalue weighted by atomic mass is 10.3. The van der Waals surface area contributed by atoms with Crippen LogP contribution < -0.4 is 5.32 Å². The fourth-order valence-corrected chi connectivity index (χ4v) is 3.26. The van der Waals surface area contributed by atoms with E-state index in [2.05, 4.69) is 5.32 Å². The molecule has 0 bridgehead atoms. The maximum Gasteiger partial charge on any atom is 0.215 e. The minimum atomic E-state index is -3.23. The van der Waals surface area contributed by atoms with Gasteiger partial charge in [0.25, 0.3) is 0 Å². The summed E-state index contributed by atoms with van der Waals surface area (Å²) in [7, 11) is -1.72. The summed E-state index contributed by atoms with van der Waals surface area (Å²) < 4.78 is 24.8. The van der Waals surface area contributed by atoms with Gasteiger partial charge in [-0.3, -0.25) is 0 Å². The Bertz CT molecular complexity index is 284. The third kappa shape index (κ3) is 4.06. The first kappa shape index (κ1) is 12.9. The third-order valence-electron chi connectivity index (χ3n) is 2.57. The van der Waals surface area contributed by atoms with Crippen molar-refractivity contribution in [1.82, 2.24) is 9.62 Å². The fraction of sp³-hybridized carbons (Fsp3) is 1.00. The smallest absolute Gasteiger partial charge is 0.215 e. The Labute approximate surface area is 91.5 Å². The first-order chi connectivity index (χ1) is 6.92. The summed E-state index contributed by atoms with van der Waals surface area (Å²) in [5.41, 5.74) is 0. The Hall–Kier alpha value is -0.170. The van der Waals surface area contributed by atoms with E-state index < -0.39 is 16.1 Å². The van der Waals surface area contributed by atoms with E-state index in [1.165, 1.54) is 11.4 Å². The molecule has 1 saturated heterocycles. The third-order valence-corrected chi connectivity index (χ3v) is 4.49. The molecule has 0 amide bonds. The summed E-state index contributed by atoms with van der Waals surface area (Å²) in [4.78, 5) is 0. The molecule has 0 aromatic carbocycles. The second-order valence-corrected chi connectivity index (χ2v) is 6.32. The van der Waals surface area contributed by atoms with E-state index in [1.807, 2.05) is 0 Å². The Morgan fingerprint density at radius 3 is 2.73 bits per heavy atom. The molecule has 1 heterocycles. The number of nitrogens with one attached hydrogen (secondary N) is 1. The van der Waals surface area contributed by atoms with Crippen LogP contribution in [0.15, 0.2) is 0 Å². The van der Waals surface area contributed by atoms with Gasteiger partial charge >= 0.3 is 0 Å². The molecule has 6 heteroatoms. The Kier molecular flexibility index (Phi) is 4.51. The molecule has 2 unspecified atom stereocenters. The number of rotatable bonds is 5. The van der Waals surface area contributed by atoms with Crippen LogP contribution in [0.5, 0.6) is 0 Å². The highest BCUT2D eigenvalue weighted by Crippen LogP contribution is 2.10. The van der Waals surface area contributed by atoms with Gasteiger partial charge < -0.3 is 10.4 Å². The Balaban J connectivity index is 2.49. The zero-order chi connectivity index (χ0) is 11.5. The van der Waals surface area contributed by atoms with Crippen LogP contribution in [0.1, 0.15) is 19.8 Å². The van der Waals surface area contributed by atoms with Crippen LogP contribution in [-0.4, -0.2) is 55.9 Å². The molecule has 1 aliphatic rings. The summed E-state index contributed by atoms with van der Waals surface area (Å²) in [6, 6.07) is 0.0754. The zero-order valence-electron chi connectivity index (χ0n) is 9.31. The molecule has 1 fully saturated rings. The van der Waals surface area contributed by atoms with Crippen molar-refractivity contribution >= 4 is 10.0 Å². The number of hydrogen-bond donors (Lipinski definition) is 2. The van der Waals surface area contributed by atoms with Crippen LogP contribution in [0.25, 0.3) is 0 Å². The summed E-state index contributed by atoms with van der Waals surface area (Å²) in [5.74, 6) is 0.135. The van der Waals surface area contributed by atoms with E-state index in [9.17, 15) is 8.42 Å². The van der Waals surface area contributed by atoms with Crippen molar-refractivity contribution in [2.75, 3.05) is 25.9 Å². The molecule has 0 radical (unpaired) electrons. The molecule has 2 N–H and O–H groups in total. The highest BCUT2D eigenvalue weighted by atomic mass is 32.2. The number of aliphatic hydroxyl groups excluding tert-OH is 1. The second kappa shape index (κ2) is 5.25. The van der Waals surface area contributed by atoms with Gasteiger partial charge in [-0.05, 0) is 26.3 Å². The van der Waals surface area contributed by atoms with Gasteiger partial charge in [-0.2, -0.15) is 0 Å². The maximum atomic E-state index is 11.8. The van der Waals surface area contributed by atoms with Crippen molar-refractivity contribution in [3.05, 3.63) is 0 Å². The van der Waals surface area contributed by atoms with Crippen LogP contribution >= 0.6 is 0 Å². The van der Waals surface area contributed by atoms with Crippen molar-refractivity contribution in [3.63, 3.8) is 0 Å². The van der Waals surface area contributed by atoms with Crippen molar-refractivity contribution in [3.8, 4) is 0 Å². The van der Waals surface area contributed by atoms with Crippen molar-refractivity contribution in [2.45, 2.75) is 31.9 Å². The molecule has 0 spiro atoms. The summed E-state index contributed by atoms with van der Waals surface area (Å²) in [6.07, 6.45) is 1.34. The van der Waals surface area contributed by atoms with Crippen LogP contribution in [0, 0.1) is 0 Å². The average molecular weight is 236 g/mol. The monoisotopic (exact) mass is 236 g/mol. The number of hydrogen-bond acceptors (Lipinski definition) is 4.